The van der Waals surface area contributed by atoms with Crippen LogP contribution in [0.15, 0.2) is 0 Å². The zero-order valence-corrected chi connectivity index (χ0v) is 11.3. The number of hydrogen-bond donors (Lipinski definition) is 1. The van der Waals surface area contributed by atoms with Gasteiger partial charge in [0.15, 0.2) is 0 Å². The van der Waals surface area contributed by atoms with E-state index < -0.39 is 0 Å². The number of hydrogen-bond acceptors (Lipinski definition) is 4. The number of carbonyl (C=O) groups excluding carboxylic acids is 1. The summed E-state index contributed by atoms with van der Waals surface area (Å²) in [6.45, 7) is 5.08. The van der Waals surface area contributed by atoms with Crippen LogP contribution in [0.25, 0.3) is 0 Å². The first-order chi connectivity index (χ1) is 8.00. The van der Waals surface area contributed by atoms with E-state index in [1.807, 2.05) is 23.8 Å². The molecule has 1 amide bonds. The van der Waals surface area contributed by atoms with Gasteiger partial charge in [0.05, 0.1) is 24.7 Å². The maximum absolute atomic E-state index is 12.0. The summed E-state index contributed by atoms with van der Waals surface area (Å²) in [7, 11) is 1.92. The van der Waals surface area contributed by atoms with Crippen LogP contribution in [0, 0.1) is 0 Å². The molecular formula is C11H21N3O2S. The fourth-order valence-electron chi connectivity index (χ4n) is 1.73. The normalized spacial score (nSPS) is 18.2. The number of rotatable bonds is 5. The third-order valence-corrected chi connectivity index (χ3v) is 3.16. The van der Waals surface area contributed by atoms with E-state index in [-0.39, 0.29) is 11.9 Å². The van der Waals surface area contributed by atoms with Crippen LogP contribution in [0.1, 0.15) is 13.3 Å². The topological polar surface area (TPSA) is 58.8 Å². The highest BCUT2D eigenvalue weighted by molar-refractivity contribution is 7.80. The number of thiocarbonyl (C=S) groups is 1. The summed E-state index contributed by atoms with van der Waals surface area (Å²) in [6.07, 6.45) is 0.641. The molecule has 1 saturated heterocycles. The molecule has 98 valence electrons. The second-order valence-electron chi connectivity index (χ2n) is 4.43. The lowest BCUT2D eigenvalue weighted by Crippen LogP contribution is -2.46. The van der Waals surface area contributed by atoms with Crippen LogP contribution in [0.4, 0.5) is 0 Å². The molecule has 1 fully saturated rings. The standard InChI is InChI=1S/C11H21N3O2S/c1-9(7-10(12)17)13(2)8-11(15)14-3-5-16-6-4-14/h9H,3-8H2,1-2H3,(H2,12,17). The van der Waals surface area contributed by atoms with Gasteiger partial charge in [0.1, 0.15) is 0 Å². The Morgan fingerprint density at radius 3 is 2.65 bits per heavy atom. The monoisotopic (exact) mass is 259 g/mol. The molecule has 0 aromatic rings. The van der Waals surface area contributed by atoms with Crippen molar-refractivity contribution in [3.63, 3.8) is 0 Å². The van der Waals surface area contributed by atoms with E-state index in [1.165, 1.54) is 0 Å². The number of morpholine rings is 1. The molecule has 2 N–H and O–H groups in total. The molecule has 0 radical (unpaired) electrons. The molecule has 0 bridgehead atoms. The van der Waals surface area contributed by atoms with Crippen molar-refractivity contribution >= 4 is 23.1 Å². The first-order valence-electron chi connectivity index (χ1n) is 5.84. The van der Waals surface area contributed by atoms with Crippen molar-refractivity contribution in [1.29, 1.82) is 0 Å². The summed E-state index contributed by atoms with van der Waals surface area (Å²) < 4.78 is 5.21. The van der Waals surface area contributed by atoms with Gasteiger partial charge in [-0.25, -0.2) is 0 Å². The van der Waals surface area contributed by atoms with E-state index in [0.717, 1.165) is 0 Å². The van der Waals surface area contributed by atoms with Crippen LogP contribution in [0.3, 0.4) is 0 Å². The van der Waals surface area contributed by atoms with Gasteiger partial charge in [-0.2, -0.15) is 0 Å². The minimum atomic E-state index is 0.144. The summed E-state index contributed by atoms with van der Waals surface area (Å²) in [5.74, 6) is 0.144. The Kier molecular flexibility index (Phi) is 5.80. The van der Waals surface area contributed by atoms with Crippen LogP contribution >= 0.6 is 12.2 Å². The Morgan fingerprint density at radius 2 is 2.12 bits per heavy atom. The van der Waals surface area contributed by atoms with Gasteiger partial charge in [-0.05, 0) is 14.0 Å². The van der Waals surface area contributed by atoms with Crippen LogP contribution in [0.5, 0.6) is 0 Å². The van der Waals surface area contributed by atoms with Gasteiger partial charge in [0, 0.05) is 25.6 Å². The number of carbonyl (C=O) groups is 1. The average Bonchev–Trinajstić information content (AvgIpc) is 2.29. The number of nitrogens with zero attached hydrogens (tertiary/aromatic N) is 2. The van der Waals surface area contributed by atoms with Gasteiger partial charge in [-0.3, -0.25) is 9.69 Å². The second-order valence-corrected chi connectivity index (χ2v) is 4.95. The zero-order valence-electron chi connectivity index (χ0n) is 10.5. The van der Waals surface area contributed by atoms with Crippen molar-refractivity contribution in [1.82, 2.24) is 9.80 Å². The predicted octanol–water partition coefficient (Wildman–Crippen LogP) is -0.158. The third-order valence-electron chi connectivity index (χ3n) is 3.00. The predicted molar refractivity (Wildman–Crippen MR) is 70.9 cm³/mol. The second kappa shape index (κ2) is 6.88. The number of ether oxygens (including phenoxy) is 1. The average molecular weight is 259 g/mol. The summed E-state index contributed by atoms with van der Waals surface area (Å²) in [4.78, 5) is 16.3. The molecule has 5 nitrogen and oxygen atoms in total. The van der Waals surface area contributed by atoms with Crippen LogP contribution in [-0.2, 0) is 9.53 Å². The fourth-order valence-corrected chi connectivity index (χ4v) is 1.97. The molecule has 17 heavy (non-hydrogen) atoms. The van der Waals surface area contributed by atoms with Gasteiger partial charge < -0.3 is 15.4 Å². The fraction of sp³-hybridized carbons (Fsp3) is 0.818. The maximum Gasteiger partial charge on any atom is 0.236 e. The highest BCUT2D eigenvalue weighted by Gasteiger charge is 2.20. The van der Waals surface area contributed by atoms with Crippen LogP contribution in [-0.4, -0.2) is 66.6 Å². The molecule has 0 saturated carbocycles. The van der Waals surface area contributed by atoms with Crippen molar-refractivity contribution in [3.05, 3.63) is 0 Å². The molecule has 1 heterocycles. The van der Waals surface area contributed by atoms with E-state index in [1.54, 1.807) is 0 Å². The maximum atomic E-state index is 12.0. The number of likely N-dealkylation sites (N-methyl/N-ethyl adjacent to an activating group) is 1. The van der Waals surface area contributed by atoms with Gasteiger partial charge >= 0.3 is 0 Å². The Morgan fingerprint density at radius 1 is 1.53 bits per heavy atom. The van der Waals surface area contributed by atoms with E-state index in [4.69, 9.17) is 22.7 Å². The van der Waals surface area contributed by atoms with Gasteiger partial charge in [0.2, 0.25) is 5.91 Å². The molecule has 0 aromatic carbocycles. The number of amides is 1. The number of nitrogens with two attached hydrogens (primary N) is 1. The van der Waals surface area contributed by atoms with Crippen molar-refractivity contribution in [3.8, 4) is 0 Å². The Hall–Kier alpha value is -0.720. The Bertz CT molecular complexity index is 280. The molecular weight excluding hydrogens is 238 g/mol. The molecule has 0 aliphatic carbocycles. The Balaban J connectivity index is 2.36. The quantitative estimate of drug-likeness (QED) is 0.695. The molecule has 0 spiro atoms. The minimum Gasteiger partial charge on any atom is -0.393 e. The highest BCUT2D eigenvalue weighted by atomic mass is 32.1. The Labute approximate surface area is 108 Å². The van der Waals surface area contributed by atoms with Crippen molar-refractivity contribution in [2.45, 2.75) is 19.4 Å². The van der Waals surface area contributed by atoms with E-state index in [9.17, 15) is 4.79 Å². The van der Waals surface area contributed by atoms with E-state index in [0.29, 0.717) is 44.3 Å². The smallest absolute Gasteiger partial charge is 0.236 e. The largest absolute Gasteiger partial charge is 0.393 e. The lowest BCUT2D eigenvalue weighted by atomic mass is 10.2. The van der Waals surface area contributed by atoms with Crippen LogP contribution in [0.2, 0.25) is 0 Å². The van der Waals surface area contributed by atoms with Gasteiger partial charge in [0.25, 0.3) is 0 Å². The zero-order chi connectivity index (χ0) is 12.8. The van der Waals surface area contributed by atoms with Gasteiger partial charge in [-0.1, -0.05) is 12.2 Å². The molecule has 1 unspecified atom stereocenters. The van der Waals surface area contributed by atoms with E-state index in [2.05, 4.69) is 0 Å². The minimum absolute atomic E-state index is 0.144. The first kappa shape index (κ1) is 14.3. The molecule has 1 aliphatic heterocycles. The summed E-state index contributed by atoms with van der Waals surface area (Å²) >= 11 is 4.87. The summed E-state index contributed by atoms with van der Waals surface area (Å²) in [5.41, 5.74) is 5.50. The SMILES string of the molecule is CC(CC(N)=S)N(C)CC(=O)N1CCOCC1. The van der Waals surface area contributed by atoms with E-state index >= 15 is 0 Å². The van der Waals surface area contributed by atoms with Crippen molar-refractivity contribution < 1.29 is 9.53 Å². The third kappa shape index (κ3) is 4.97. The first-order valence-corrected chi connectivity index (χ1v) is 6.25. The van der Waals surface area contributed by atoms with Gasteiger partial charge in [-0.15, -0.1) is 0 Å². The van der Waals surface area contributed by atoms with Crippen molar-refractivity contribution in [2.24, 2.45) is 5.73 Å². The molecule has 1 atom stereocenters. The molecule has 6 heteroatoms. The molecule has 1 rings (SSSR count). The van der Waals surface area contributed by atoms with Crippen LogP contribution < -0.4 is 5.73 Å². The lowest BCUT2D eigenvalue weighted by Gasteiger charge is -2.30. The molecule has 1 aliphatic rings. The molecule has 0 aromatic heterocycles. The van der Waals surface area contributed by atoms with Crippen molar-refractivity contribution in [2.75, 3.05) is 39.9 Å². The highest BCUT2D eigenvalue weighted by Crippen LogP contribution is 2.04. The summed E-state index contributed by atoms with van der Waals surface area (Å²) in [5, 5.41) is 0. The lowest BCUT2D eigenvalue weighted by molar-refractivity contribution is -0.136. The summed E-state index contributed by atoms with van der Waals surface area (Å²) in [6, 6.07) is 0.192.